The number of urea groups is 1. The zero-order chi connectivity index (χ0) is 12.1. The summed E-state index contributed by atoms with van der Waals surface area (Å²) in [6, 6.07) is -0.377. The van der Waals surface area contributed by atoms with Gasteiger partial charge in [0, 0.05) is 12.1 Å². The van der Waals surface area contributed by atoms with Gasteiger partial charge < -0.3 is 15.7 Å². The van der Waals surface area contributed by atoms with E-state index in [4.69, 9.17) is 5.11 Å². The monoisotopic (exact) mass is 226 g/mol. The van der Waals surface area contributed by atoms with Crippen LogP contribution in [0.1, 0.15) is 26.2 Å². The maximum absolute atomic E-state index is 11.4. The Morgan fingerprint density at radius 1 is 1.50 bits per heavy atom. The van der Waals surface area contributed by atoms with Crippen LogP contribution < -0.4 is 10.6 Å². The first kappa shape index (κ1) is 12.5. The Hall–Kier alpha value is -1.52. The molecule has 0 heterocycles. The van der Waals surface area contributed by atoms with Crippen molar-refractivity contribution >= 4 is 12.0 Å². The summed E-state index contributed by atoms with van der Waals surface area (Å²) in [4.78, 5) is 22.1. The minimum absolute atomic E-state index is 0.0295. The maximum Gasteiger partial charge on any atom is 0.315 e. The maximum atomic E-state index is 11.4. The highest BCUT2D eigenvalue weighted by Crippen LogP contribution is 2.25. The number of carboxylic acid groups (broad SMARTS) is 1. The third kappa shape index (κ3) is 3.56. The van der Waals surface area contributed by atoms with Crippen molar-refractivity contribution in [1.29, 1.82) is 0 Å². The Bertz CT molecular complexity index is 291. The third-order valence-corrected chi connectivity index (χ3v) is 2.83. The number of aliphatic carboxylic acids is 1. The van der Waals surface area contributed by atoms with Crippen molar-refractivity contribution in [2.75, 3.05) is 0 Å². The van der Waals surface area contributed by atoms with Gasteiger partial charge in [-0.25, -0.2) is 4.79 Å². The predicted molar refractivity (Wildman–Crippen MR) is 60.1 cm³/mol. The Labute approximate surface area is 94.9 Å². The van der Waals surface area contributed by atoms with Crippen molar-refractivity contribution in [2.45, 2.75) is 38.3 Å². The van der Waals surface area contributed by atoms with Crippen LogP contribution in [0.25, 0.3) is 0 Å². The smallest absolute Gasteiger partial charge is 0.315 e. The van der Waals surface area contributed by atoms with E-state index < -0.39 is 5.97 Å². The number of hydrogen-bond donors (Lipinski definition) is 3. The van der Waals surface area contributed by atoms with Gasteiger partial charge in [0.15, 0.2) is 0 Å². The van der Waals surface area contributed by atoms with Gasteiger partial charge in [-0.15, -0.1) is 6.58 Å². The summed E-state index contributed by atoms with van der Waals surface area (Å²) in [5, 5.41) is 14.3. The summed E-state index contributed by atoms with van der Waals surface area (Å²) in [5.41, 5.74) is 0. The fraction of sp³-hybridized carbons (Fsp3) is 0.636. The lowest BCUT2D eigenvalue weighted by Crippen LogP contribution is -2.44. The molecule has 1 saturated carbocycles. The molecular formula is C11H18N2O3. The summed E-state index contributed by atoms with van der Waals surface area (Å²) in [6.45, 7) is 5.38. The molecule has 0 aliphatic heterocycles. The highest BCUT2D eigenvalue weighted by molar-refractivity contribution is 5.75. The van der Waals surface area contributed by atoms with Gasteiger partial charge in [0.1, 0.15) is 0 Å². The van der Waals surface area contributed by atoms with Crippen LogP contribution in [0, 0.1) is 5.92 Å². The molecule has 90 valence electrons. The first-order valence-corrected chi connectivity index (χ1v) is 5.45. The first-order chi connectivity index (χ1) is 7.52. The third-order valence-electron chi connectivity index (χ3n) is 2.83. The Morgan fingerprint density at radius 2 is 2.19 bits per heavy atom. The zero-order valence-corrected chi connectivity index (χ0v) is 9.40. The molecule has 3 unspecified atom stereocenters. The van der Waals surface area contributed by atoms with Crippen molar-refractivity contribution < 1.29 is 14.7 Å². The number of nitrogens with one attached hydrogen (secondary N) is 2. The van der Waals surface area contributed by atoms with Crippen molar-refractivity contribution in [2.24, 2.45) is 5.92 Å². The molecule has 0 aromatic rings. The fourth-order valence-corrected chi connectivity index (χ4v) is 1.83. The Morgan fingerprint density at radius 3 is 2.69 bits per heavy atom. The number of carboxylic acids is 1. The van der Waals surface area contributed by atoms with E-state index >= 15 is 0 Å². The van der Waals surface area contributed by atoms with Gasteiger partial charge in [-0.05, 0) is 26.2 Å². The average Bonchev–Trinajstić information content (AvgIpc) is 2.65. The van der Waals surface area contributed by atoms with Crippen LogP contribution in [-0.2, 0) is 4.79 Å². The summed E-state index contributed by atoms with van der Waals surface area (Å²) in [7, 11) is 0. The molecule has 1 rings (SSSR count). The number of carbonyl (C=O) groups excluding carboxylic acids is 1. The van der Waals surface area contributed by atoms with Gasteiger partial charge in [-0.3, -0.25) is 4.79 Å². The van der Waals surface area contributed by atoms with E-state index in [0.29, 0.717) is 12.8 Å². The molecule has 1 aliphatic rings. The normalized spacial score (nSPS) is 25.8. The molecule has 3 atom stereocenters. The second kappa shape index (κ2) is 5.53. The largest absolute Gasteiger partial charge is 0.481 e. The number of hydrogen-bond acceptors (Lipinski definition) is 2. The van der Waals surface area contributed by atoms with Crippen LogP contribution in [0.4, 0.5) is 4.79 Å². The number of carbonyl (C=O) groups is 2. The van der Waals surface area contributed by atoms with Gasteiger partial charge in [0.2, 0.25) is 0 Å². The second-order valence-corrected chi connectivity index (χ2v) is 4.19. The van der Waals surface area contributed by atoms with E-state index in [1.54, 1.807) is 6.08 Å². The van der Waals surface area contributed by atoms with Gasteiger partial charge >= 0.3 is 12.0 Å². The quantitative estimate of drug-likeness (QED) is 0.628. The SMILES string of the molecule is C=CC(C)NC(=O)NC1CCC(C(=O)O)C1. The van der Waals surface area contributed by atoms with Crippen molar-refractivity contribution in [3.05, 3.63) is 12.7 Å². The van der Waals surface area contributed by atoms with Gasteiger partial charge in [0.25, 0.3) is 0 Å². The van der Waals surface area contributed by atoms with E-state index in [1.807, 2.05) is 6.92 Å². The number of amides is 2. The van der Waals surface area contributed by atoms with Crippen LogP contribution in [0.5, 0.6) is 0 Å². The summed E-state index contributed by atoms with van der Waals surface area (Å²) in [5.74, 6) is -1.09. The molecule has 2 amide bonds. The molecular weight excluding hydrogens is 208 g/mol. The summed E-state index contributed by atoms with van der Waals surface area (Å²) in [6.07, 6.45) is 3.52. The van der Waals surface area contributed by atoms with Crippen LogP contribution in [0.15, 0.2) is 12.7 Å². The standard InChI is InChI=1S/C11H18N2O3/c1-3-7(2)12-11(16)13-9-5-4-8(6-9)10(14)15/h3,7-9H,1,4-6H2,2H3,(H,14,15)(H2,12,13,16). The van der Waals surface area contributed by atoms with Crippen molar-refractivity contribution in [3.63, 3.8) is 0 Å². The van der Waals surface area contributed by atoms with Crippen molar-refractivity contribution in [3.8, 4) is 0 Å². The first-order valence-electron chi connectivity index (χ1n) is 5.45. The fourth-order valence-electron chi connectivity index (χ4n) is 1.83. The van der Waals surface area contributed by atoms with Crippen molar-refractivity contribution in [1.82, 2.24) is 10.6 Å². The lowest BCUT2D eigenvalue weighted by atomic mass is 10.1. The molecule has 5 nitrogen and oxygen atoms in total. The average molecular weight is 226 g/mol. The summed E-state index contributed by atoms with van der Waals surface area (Å²) >= 11 is 0. The minimum Gasteiger partial charge on any atom is -0.481 e. The molecule has 0 aromatic carbocycles. The molecule has 0 radical (unpaired) electrons. The molecule has 5 heteroatoms. The molecule has 3 N–H and O–H groups in total. The zero-order valence-electron chi connectivity index (χ0n) is 9.40. The van der Waals surface area contributed by atoms with Gasteiger partial charge in [0.05, 0.1) is 5.92 Å². The summed E-state index contributed by atoms with van der Waals surface area (Å²) < 4.78 is 0. The van der Waals surface area contributed by atoms with E-state index in [-0.39, 0.29) is 24.0 Å². The highest BCUT2D eigenvalue weighted by atomic mass is 16.4. The van der Waals surface area contributed by atoms with Crippen LogP contribution in [0.2, 0.25) is 0 Å². The topological polar surface area (TPSA) is 78.4 Å². The minimum atomic E-state index is -0.774. The van der Waals surface area contributed by atoms with Crippen LogP contribution in [0.3, 0.4) is 0 Å². The van der Waals surface area contributed by atoms with E-state index in [0.717, 1.165) is 6.42 Å². The highest BCUT2D eigenvalue weighted by Gasteiger charge is 2.30. The molecule has 0 saturated heterocycles. The Kier molecular flexibility index (Phi) is 4.34. The van der Waals surface area contributed by atoms with Gasteiger partial charge in [-0.1, -0.05) is 6.08 Å². The molecule has 1 aliphatic carbocycles. The molecule has 0 aromatic heterocycles. The van der Waals surface area contributed by atoms with Crippen LogP contribution >= 0.6 is 0 Å². The van der Waals surface area contributed by atoms with Gasteiger partial charge in [-0.2, -0.15) is 0 Å². The van der Waals surface area contributed by atoms with E-state index in [1.165, 1.54) is 0 Å². The predicted octanol–water partition coefficient (Wildman–Crippen LogP) is 1.11. The second-order valence-electron chi connectivity index (χ2n) is 4.19. The van der Waals surface area contributed by atoms with Crippen LogP contribution in [-0.4, -0.2) is 29.2 Å². The molecule has 0 spiro atoms. The molecule has 0 bridgehead atoms. The van der Waals surface area contributed by atoms with E-state index in [2.05, 4.69) is 17.2 Å². The lowest BCUT2D eigenvalue weighted by molar-refractivity contribution is -0.141. The lowest BCUT2D eigenvalue weighted by Gasteiger charge is -2.15. The van der Waals surface area contributed by atoms with E-state index in [9.17, 15) is 9.59 Å². The molecule has 16 heavy (non-hydrogen) atoms. The number of rotatable bonds is 4. The Balaban J connectivity index is 2.31. The molecule has 1 fully saturated rings.